The molecule has 0 aliphatic carbocycles. The van der Waals surface area contributed by atoms with Gasteiger partial charge in [-0.2, -0.15) is 0 Å². The lowest BCUT2D eigenvalue weighted by Crippen LogP contribution is -2.12. The molecule has 4 aromatic carbocycles. The zero-order valence-corrected chi connectivity index (χ0v) is 20.5. The number of halogens is 2. The molecule has 4 rings (SSSR count). The molecule has 0 aromatic heterocycles. The van der Waals surface area contributed by atoms with Gasteiger partial charge in [-0.3, -0.25) is 4.79 Å². The lowest BCUT2D eigenvalue weighted by molar-refractivity contribution is -0.133. The van der Waals surface area contributed by atoms with E-state index in [-0.39, 0.29) is 18.1 Å². The van der Waals surface area contributed by atoms with Gasteiger partial charge in [0.1, 0.15) is 11.5 Å². The third-order valence-electron chi connectivity index (χ3n) is 5.24. The summed E-state index contributed by atoms with van der Waals surface area (Å²) in [6, 6.07) is 25.3. The van der Waals surface area contributed by atoms with E-state index in [4.69, 9.17) is 27.9 Å². The fourth-order valence-corrected chi connectivity index (χ4v) is 4.09. The number of hydrogen-bond donors (Lipinski definition) is 2. The van der Waals surface area contributed by atoms with Crippen molar-refractivity contribution in [3.05, 3.63) is 117 Å². The molecule has 0 fully saturated rings. The van der Waals surface area contributed by atoms with E-state index in [1.807, 2.05) is 61.5 Å². The van der Waals surface area contributed by atoms with Crippen LogP contribution in [0.5, 0.6) is 11.5 Å². The summed E-state index contributed by atoms with van der Waals surface area (Å²) in [4.78, 5) is 12.6. The maximum atomic E-state index is 12.6. The minimum Gasteiger partial charge on any atom is -0.508 e. The number of esters is 1. The summed E-state index contributed by atoms with van der Waals surface area (Å²) >= 11 is 12.5. The van der Waals surface area contributed by atoms with Crippen molar-refractivity contribution >= 4 is 52.7 Å². The summed E-state index contributed by atoms with van der Waals surface area (Å²) in [5.74, 6) is 0.307. The molecular weight excluding hydrogens is 481 g/mol. The summed E-state index contributed by atoms with van der Waals surface area (Å²) in [6.07, 6.45) is 3.92. The molecule has 0 saturated carbocycles. The smallest absolute Gasteiger partial charge is 0.315 e. The van der Waals surface area contributed by atoms with Gasteiger partial charge in [0.05, 0.1) is 22.2 Å². The van der Waals surface area contributed by atoms with Crippen LogP contribution in [0.4, 0.5) is 11.4 Å². The van der Waals surface area contributed by atoms with Gasteiger partial charge in [-0.25, -0.2) is 0 Å². The van der Waals surface area contributed by atoms with Crippen molar-refractivity contribution in [2.75, 3.05) is 5.32 Å². The molecule has 4 nitrogen and oxygen atoms in total. The topological polar surface area (TPSA) is 58.6 Å². The van der Waals surface area contributed by atoms with Crippen LogP contribution in [0, 0.1) is 6.92 Å². The normalized spacial score (nSPS) is 10.9. The number of hydrogen-bond acceptors (Lipinski definition) is 4. The second kappa shape index (κ2) is 11.1. The third-order valence-corrected chi connectivity index (χ3v) is 5.87. The van der Waals surface area contributed by atoms with E-state index in [1.165, 1.54) is 0 Å². The first-order valence-electron chi connectivity index (χ1n) is 11.0. The zero-order valence-electron chi connectivity index (χ0n) is 19.0. The van der Waals surface area contributed by atoms with Crippen LogP contribution in [0.25, 0.3) is 12.2 Å². The second-order valence-electron chi connectivity index (χ2n) is 8.03. The Morgan fingerprint density at radius 3 is 2.29 bits per heavy atom. The van der Waals surface area contributed by atoms with Gasteiger partial charge < -0.3 is 15.2 Å². The number of anilines is 2. The Morgan fingerprint density at radius 1 is 0.886 bits per heavy atom. The summed E-state index contributed by atoms with van der Waals surface area (Å²) in [5, 5.41) is 13.9. The Labute approximate surface area is 214 Å². The molecule has 35 heavy (non-hydrogen) atoms. The lowest BCUT2D eigenvalue weighted by Gasteiger charge is -2.14. The quantitative estimate of drug-likeness (QED) is 0.152. The van der Waals surface area contributed by atoms with Crippen molar-refractivity contribution in [2.24, 2.45) is 0 Å². The molecule has 176 valence electrons. The molecular formula is C29H23Cl2NO3. The van der Waals surface area contributed by atoms with Gasteiger partial charge in [0, 0.05) is 5.69 Å². The van der Waals surface area contributed by atoms with Crippen molar-refractivity contribution in [3.8, 4) is 11.5 Å². The molecule has 6 heteroatoms. The number of ether oxygens (including phenoxy) is 1. The minimum absolute atomic E-state index is 0.0732. The van der Waals surface area contributed by atoms with E-state index in [9.17, 15) is 9.90 Å². The molecule has 0 aliphatic heterocycles. The molecule has 0 unspecified atom stereocenters. The third kappa shape index (κ3) is 6.66. The largest absolute Gasteiger partial charge is 0.508 e. The number of carbonyl (C=O) groups is 1. The first-order valence-corrected chi connectivity index (χ1v) is 11.7. The van der Waals surface area contributed by atoms with Gasteiger partial charge in [-0.05, 0) is 71.6 Å². The van der Waals surface area contributed by atoms with E-state index in [2.05, 4.69) is 5.32 Å². The maximum Gasteiger partial charge on any atom is 0.315 e. The number of phenolic OH excluding ortho intramolecular Hbond substituents is 1. The number of aromatic hydroxyl groups is 1. The lowest BCUT2D eigenvalue weighted by atomic mass is 10.1. The average molecular weight is 504 g/mol. The predicted molar refractivity (Wildman–Crippen MR) is 144 cm³/mol. The van der Waals surface area contributed by atoms with Gasteiger partial charge in [-0.15, -0.1) is 0 Å². The van der Waals surface area contributed by atoms with Crippen LogP contribution in [0.15, 0.2) is 84.9 Å². The molecule has 0 saturated heterocycles. The Hall–Kier alpha value is -3.73. The van der Waals surface area contributed by atoms with E-state index < -0.39 is 0 Å². The minimum atomic E-state index is -0.386. The molecule has 0 atom stereocenters. The van der Waals surface area contributed by atoms with E-state index in [0.717, 1.165) is 27.9 Å². The molecule has 0 radical (unpaired) electrons. The van der Waals surface area contributed by atoms with Crippen molar-refractivity contribution < 1.29 is 14.6 Å². The summed E-state index contributed by atoms with van der Waals surface area (Å²) in [7, 11) is 0. The fraction of sp³-hybridized carbons (Fsp3) is 0.0690. The number of rotatable bonds is 7. The highest BCUT2D eigenvalue weighted by Crippen LogP contribution is 2.33. The van der Waals surface area contributed by atoms with Crippen molar-refractivity contribution in [1.29, 1.82) is 0 Å². The van der Waals surface area contributed by atoms with Crippen LogP contribution in [0.1, 0.15) is 22.3 Å². The van der Waals surface area contributed by atoms with Crippen molar-refractivity contribution in [1.82, 2.24) is 0 Å². The highest BCUT2D eigenvalue weighted by atomic mass is 35.5. The summed E-state index contributed by atoms with van der Waals surface area (Å²) in [5.41, 5.74) is 4.90. The molecule has 0 heterocycles. The number of carbonyl (C=O) groups excluding carboxylic acids is 1. The summed E-state index contributed by atoms with van der Waals surface area (Å²) in [6.45, 7) is 1.93. The van der Waals surface area contributed by atoms with Gasteiger partial charge in [0.2, 0.25) is 0 Å². The second-order valence-corrected chi connectivity index (χ2v) is 8.85. The average Bonchev–Trinajstić information content (AvgIpc) is 2.81. The van der Waals surface area contributed by atoms with Crippen LogP contribution in [0.3, 0.4) is 0 Å². The molecule has 4 aromatic rings. The number of nitrogens with one attached hydrogen (secondary N) is 1. The first-order chi connectivity index (χ1) is 16.9. The van der Waals surface area contributed by atoms with Crippen LogP contribution in [-0.2, 0) is 11.2 Å². The number of para-hydroxylation sites is 2. The zero-order chi connectivity index (χ0) is 24.8. The molecule has 0 aliphatic rings. The Balaban J connectivity index is 1.41. The Morgan fingerprint density at radius 2 is 1.57 bits per heavy atom. The van der Waals surface area contributed by atoms with Crippen LogP contribution in [-0.4, -0.2) is 11.1 Å². The molecule has 0 spiro atoms. The van der Waals surface area contributed by atoms with Gasteiger partial charge in [0.15, 0.2) is 0 Å². The Bertz CT molecular complexity index is 1340. The van der Waals surface area contributed by atoms with Crippen LogP contribution < -0.4 is 10.1 Å². The van der Waals surface area contributed by atoms with Crippen molar-refractivity contribution in [3.63, 3.8) is 0 Å². The van der Waals surface area contributed by atoms with Crippen molar-refractivity contribution in [2.45, 2.75) is 13.3 Å². The fourth-order valence-electron chi connectivity index (χ4n) is 3.60. The van der Waals surface area contributed by atoms with Gasteiger partial charge in [-0.1, -0.05) is 77.8 Å². The maximum absolute atomic E-state index is 12.6. The molecule has 2 N–H and O–H groups in total. The van der Waals surface area contributed by atoms with Crippen LogP contribution >= 0.6 is 23.2 Å². The first kappa shape index (κ1) is 24.4. The molecule has 0 amide bonds. The highest BCUT2D eigenvalue weighted by molar-refractivity contribution is 6.39. The summed E-state index contributed by atoms with van der Waals surface area (Å²) < 4.78 is 5.54. The number of phenols is 1. The van der Waals surface area contributed by atoms with Crippen LogP contribution in [0.2, 0.25) is 10.0 Å². The highest BCUT2D eigenvalue weighted by Gasteiger charge is 2.13. The molecule has 0 bridgehead atoms. The standard InChI is InChI=1S/C29H23Cl2NO3/c1-19-15-21(17-23(33)16-19)10-9-20-11-13-24(14-12-20)35-28(34)18-22-5-2-3-8-27(22)32-29-25(30)6-4-7-26(29)31/h2-17,32-33H,18H2,1H3/b10-9+. The predicted octanol–water partition coefficient (Wildman–Crippen LogP) is 8.07. The van der Waals surface area contributed by atoms with E-state index in [0.29, 0.717) is 21.5 Å². The van der Waals surface area contributed by atoms with Gasteiger partial charge >= 0.3 is 5.97 Å². The number of benzene rings is 4. The monoisotopic (exact) mass is 503 g/mol. The van der Waals surface area contributed by atoms with E-state index in [1.54, 1.807) is 42.5 Å². The SMILES string of the molecule is Cc1cc(O)cc(/C=C/c2ccc(OC(=O)Cc3ccccc3Nc3c(Cl)cccc3Cl)cc2)c1. The Kier molecular flexibility index (Phi) is 7.76. The van der Waals surface area contributed by atoms with Gasteiger partial charge in [0.25, 0.3) is 0 Å². The van der Waals surface area contributed by atoms with E-state index >= 15 is 0 Å². The number of aryl methyl sites for hydroxylation is 1.